The zero-order valence-electron chi connectivity index (χ0n) is 17.9. The molecular weight excluding hydrogens is 389 g/mol. The molecule has 0 saturated carbocycles. The van der Waals surface area contributed by atoms with E-state index in [-0.39, 0.29) is 11.9 Å². The number of nitrogens with zero attached hydrogens (tertiary/aromatic N) is 3. The van der Waals surface area contributed by atoms with Crippen LogP contribution in [0.5, 0.6) is 5.75 Å². The van der Waals surface area contributed by atoms with Gasteiger partial charge in [0.2, 0.25) is 0 Å². The van der Waals surface area contributed by atoms with Crippen LogP contribution in [0.25, 0.3) is 0 Å². The molecule has 30 heavy (non-hydrogen) atoms. The lowest BCUT2D eigenvalue weighted by atomic mass is 9.92. The maximum Gasteiger partial charge on any atom is 0.338 e. The molecule has 2 aromatic rings. The van der Waals surface area contributed by atoms with Crippen molar-refractivity contribution in [3.63, 3.8) is 0 Å². The third-order valence-electron chi connectivity index (χ3n) is 5.58. The van der Waals surface area contributed by atoms with E-state index in [0.29, 0.717) is 30.5 Å². The number of rotatable bonds is 9. The van der Waals surface area contributed by atoms with Gasteiger partial charge in [-0.3, -0.25) is 0 Å². The lowest BCUT2D eigenvalue weighted by Gasteiger charge is -2.30. The summed E-state index contributed by atoms with van der Waals surface area (Å²) in [7, 11) is 1.38. The van der Waals surface area contributed by atoms with Crippen molar-refractivity contribution in [3.05, 3.63) is 35.2 Å². The molecule has 1 aliphatic heterocycles. The molecular formula is C22H30FN3O4. The van der Waals surface area contributed by atoms with Gasteiger partial charge in [0, 0.05) is 13.1 Å². The van der Waals surface area contributed by atoms with Crippen molar-refractivity contribution in [2.75, 3.05) is 31.7 Å². The SMILES string of the molecule is CCC(F)c1nc(N2CCC(CCCOc3ccc(C(=O)OC)c(C)c3)CC2)no1. The second-order valence-electron chi connectivity index (χ2n) is 7.70. The fraction of sp³-hybridized carbons (Fsp3) is 0.591. The van der Waals surface area contributed by atoms with Crippen molar-refractivity contribution in [3.8, 4) is 5.75 Å². The van der Waals surface area contributed by atoms with Crippen molar-refractivity contribution >= 4 is 11.9 Å². The number of piperidine rings is 1. The van der Waals surface area contributed by atoms with Crippen LogP contribution in [0.15, 0.2) is 22.7 Å². The number of alkyl halides is 1. The summed E-state index contributed by atoms with van der Waals surface area (Å²) < 4.78 is 29.3. The van der Waals surface area contributed by atoms with Crippen LogP contribution < -0.4 is 9.64 Å². The number of methoxy groups -OCH3 is 1. The lowest BCUT2D eigenvalue weighted by Crippen LogP contribution is -2.34. The Bertz CT molecular complexity index is 834. The van der Waals surface area contributed by atoms with E-state index in [4.69, 9.17) is 14.0 Å². The highest BCUT2D eigenvalue weighted by Gasteiger charge is 2.24. The van der Waals surface area contributed by atoms with Gasteiger partial charge >= 0.3 is 5.97 Å². The highest BCUT2D eigenvalue weighted by atomic mass is 19.1. The summed E-state index contributed by atoms with van der Waals surface area (Å²) in [6.07, 6.45) is 3.29. The summed E-state index contributed by atoms with van der Waals surface area (Å²) in [6, 6.07) is 5.41. The van der Waals surface area contributed by atoms with Crippen LogP contribution in [0.2, 0.25) is 0 Å². The van der Waals surface area contributed by atoms with Gasteiger partial charge in [0.1, 0.15) is 5.75 Å². The average Bonchev–Trinajstić information content (AvgIpc) is 3.26. The van der Waals surface area contributed by atoms with E-state index in [2.05, 4.69) is 15.0 Å². The highest BCUT2D eigenvalue weighted by molar-refractivity contribution is 5.91. The smallest absolute Gasteiger partial charge is 0.338 e. The summed E-state index contributed by atoms with van der Waals surface area (Å²) in [6.45, 7) is 5.96. The molecule has 1 aliphatic rings. The van der Waals surface area contributed by atoms with E-state index in [1.165, 1.54) is 7.11 Å². The number of aryl methyl sites for hydroxylation is 1. The molecule has 0 aliphatic carbocycles. The molecule has 1 aromatic carbocycles. The van der Waals surface area contributed by atoms with Crippen LogP contribution in [0, 0.1) is 12.8 Å². The largest absolute Gasteiger partial charge is 0.494 e. The molecule has 3 rings (SSSR count). The molecule has 1 aromatic heterocycles. The quantitative estimate of drug-likeness (QED) is 0.432. The molecule has 0 N–H and O–H groups in total. The maximum absolute atomic E-state index is 13.6. The zero-order valence-corrected chi connectivity index (χ0v) is 17.9. The van der Waals surface area contributed by atoms with E-state index in [1.807, 2.05) is 13.0 Å². The topological polar surface area (TPSA) is 77.7 Å². The van der Waals surface area contributed by atoms with Gasteiger partial charge < -0.3 is 18.9 Å². The summed E-state index contributed by atoms with van der Waals surface area (Å²) >= 11 is 0. The van der Waals surface area contributed by atoms with E-state index >= 15 is 0 Å². The van der Waals surface area contributed by atoms with Crippen molar-refractivity contribution in [1.82, 2.24) is 10.1 Å². The van der Waals surface area contributed by atoms with E-state index in [9.17, 15) is 9.18 Å². The number of carbonyl (C=O) groups is 1. The molecule has 0 amide bonds. The van der Waals surface area contributed by atoms with Crippen molar-refractivity contribution in [1.29, 1.82) is 0 Å². The van der Waals surface area contributed by atoms with Gasteiger partial charge in [0.25, 0.3) is 11.8 Å². The van der Waals surface area contributed by atoms with E-state index in [1.54, 1.807) is 19.1 Å². The van der Waals surface area contributed by atoms with Crippen LogP contribution in [0.3, 0.4) is 0 Å². The number of halogens is 1. The van der Waals surface area contributed by atoms with Crippen LogP contribution in [0.1, 0.15) is 67.0 Å². The third kappa shape index (κ3) is 5.49. The first-order valence-corrected chi connectivity index (χ1v) is 10.6. The summed E-state index contributed by atoms with van der Waals surface area (Å²) in [5.74, 6) is 1.62. The fourth-order valence-electron chi connectivity index (χ4n) is 3.71. The van der Waals surface area contributed by atoms with Crippen LogP contribution in [-0.2, 0) is 4.74 Å². The minimum absolute atomic E-state index is 0.0710. The first-order valence-electron chi connectivity index (χ1n) is 10.6. The zero-order chi connectivity index (χ0) is 21.5. The second-order valence-corrected chi connectivity index (χ2v) is 7.70. The van der Waals surface area contributed by atoms with Gasteiger partial charge in [-0.05, 0) is 73.9 Å². The first-order chi connectivity index (χ1) is 14.5. The Hall–Kier alpha value is -2.64. The molecule has 0 radical (unpaired) electrons. The van der Waals surface area contributed by atoms with Gasteiger partial charge in [-0.25, -0.2) is 9.18 Å². The molecule has 1 atom stereocenters. The molecule has 164 valence electrons. The van der Waals surface area contributed by atoms with Gasteiger partial charge in [0.15, 0.2) is 6.17 Å². The Labute approximate surface area is 176 Å². The number of anilines is 1. The van der Waals surface area contributed by atoms with Gasteiger partial charge in [-0.15, -0.1) is 0 Å². The number of hydrogen-bond donors (Lipinski definition) is 0. The van der Waals surface area contributed by atoms with Gasteiger partial charge in [-0.1, -0.05) is 6.92 Å². The number of hydrogen-bond acceptors (Lipinski definition) is 7. The Morgan fingerprint density at radius 3 is 2.80 bits per heavy atom. The standard InChI is InChI=1S/C22H30FN3O4/c1-4-19(23)20-24-22(25-30-20)26-11-9-16(10-12-26)6-5-13-29-17-7-8-18(15(2)14-17)21(27)28-3/h7-8,14,16,19H,4-6,9-13H2,1-3H3. The predicted molar refractivity (Wildman–Crippen MR) is 111 cm³/mol. The maximum atomic E-state index is 13.6. The van der Waals surface area contributed by atoms with Crippen molar-refractivity contribution in [2.24, 2.45) is 5.92 Å². The monoisotopic (exact) mass is 419 g/mol. The minimum atomic E-state index is -1.19. The third-order valence-corrected chi connectivity index (χ3v) is 5.58. The number of ether oxygens (including phenoxy) is 2. The van der Waals surface area contributed by atoms with Gasteiger partial charge in [0.05, 0.1) is 19.3 Å². The van der Waals surface area contributed by atoms with E-state index in [0.717, 1.165) is 50.1 Å². The number of aromatic nitrogens is 2. The van der Waals surface area contributed by atoms with Crippen LogP contribution in [0.4, 0.5) is 10.3 Å². The number of carbonyl (C=O) groups excluding carboxylic acids is 1. The summed E-state index contributed by atoms with van der Waals surface area (Å²) in [4.78, 5) is 17.9. The molecule has 7 nitrogen and oxygen atoms in total. The van der Waals surface area contributed by atoms with Gasteiger partial charge in [-0.2, -0.15) is 4.98 Å². The first kappa shape index (κ1) is 22.1. The Balaban J connectivity index is 1.38. The molecule has 2 heterocycles. The Morgan fingerprint density at radius 1 is 1.37 bits per heavy atom. The molecule has 8 heteroatoms. The van der Waals surface area contributed by atoms with Crippen LogP contribution >= 0.6 is 0 Å². The normalized spacial score (nSPS) is 15.8. The molecule has 1 fully saturated rings. The highest BCUT2D eigenvalue weighted by Crippen LogP contribution is 2.27. The lowest BCUT2D eigenvalue weighted by molar-refractivity contribution is 0.0600. The number of benzene rings is 1. The molecule has 0 spiro atoms. The Morgan fingerprint density at radius 2 is 2.13 bits per heavy atom. The Kier molecular flexibility index (Phi) is 7.65. The molecule has 0 bridgehead atoms. The minimum Gasteiger partial charge on any atom is -0.494 e. The average molecular weight is 419 g/mol. The molecule has 1 unspecified atom stereocenters. The summed E-state index contributed by atoms with van der Waals surface area (Å²) in [5, 5.41) is 3.92. The van der Waals surface area contributed by atoms with E-state index < -0.39 is 6.17 Å². The predicted octanol–water partition coefficient (Wildman–Crippen LogP) is 4.66. The fourth-order valence-corrected chi connectivity index (χ4v) is 3.71. The molecule has 1 saturated heterocycles. The van der Waals surface area contributed by atoms with Crippen LogP contribution in [-0.4, -0.2) is 42.9 Å². The summed E-state index contributed by atoms with van der Waals surface area (Å²) in [5.41, 5.74) is 1.40. The number of esters is 1. The van der Waals surface area contributed by atoms with Crippen molar-refractivity contribution < 1.29 is 23.2 Å². The second kappa shape index (κ2) is 10.4. The van der Waals surface area contributed by atoms with Crippen molar-refractivity contribution in [2.45, 2.75) is 52.1 Å².